The van der Waals surface area contributed by atoms with Crippen LogP contribution in [0.15, 0.2) is 64.2 Å². The van der Waals surface area contributed by atoms with Crippen LogP contribution in [0.1, 0.15) is 5.56 Å². The number of carbonyl (C=O) groups is 1. The molecule has 182 valence electrons. The molecule has 0 atom stereocenters. The SMILES string of the molecule is COCCNC(=O)Nc1cc(F)c(Oc2ccnc3c2c(Br)cn3Sc2ccc(C)cc2)c(F)c1. The molecule has 0 aliphatic rings. The van der Waals surface area contributed by atoms with Crippen molar-refractivity contribution in [3.05, 3.63) is 76.5 Å². The number of fused-ring (bicyclic) bond motifs is 1. The van der Waals surface area contributed by atoms with E-state index in [4.69, 9.17) is 9.47 Å². The van der Waals surface area contributed by atoms with Gasteiger partial charge in [0.05, 0.1) is 12.0 Å². The largest absolute Gasteiger partial charge is 0.450 e. The highest BCUT2D eigenvalue weighted by Gasteiger charge is 2.19. The summed E-state index contributed by atoms with van der Waals surface area (Å²) in [6.45, 7) is 2.58. The first-order valence-corrected chi connectivity index (χ1v) is 12.0. The summed E-state index contributed by atoms with van der Waals surface area (Å²) in [6, 6.07) is 10.9. The standard InChI is InChI=1S/C24H21BrF2N4O3S/c1-14-3-5-16(6-4-14)35-31-13-17(25)21-20(7-8-28-23(21)31)34-22-18(26)11-15(12-19(22)27)30-24(32)29-9-10-33-2/h3-8,11-13H,9-10H2,1-2H3,(H2,29,30,32). The van der Waals surface area contributed by atoms with Crippen molar-refractivity contribution in [2.45, 2.75) is 11.8 Å². The molecule has 2 N–H and O–H groups in total. The van der Waals surface area contributed by atoms with Crippen LogP contribution in [0.5, 0.6) is 11.5 Å². The van der Waals surface area contributed by atoms with Crippen molar-refractivity contribution in [3.63, 3.8) is 0 Å². The number of hydrogen-bond acceptors (Lipinski definition) is 5. The van der Waals surface area contributed by atoms with Crippen LogP contribution < -0.4 is 15.4 Å². The highest BCUT2D eigenvalue weighted by molar-refractivity contribution is 9.10. The van der Waals surface area contributed by atoms with E-state index in [1.54, 1.807) is 0 Å². The average molecular weight is 563 g/mol. The summed E-state index contributed by atoms with van der Waals surface area (Å²) < 4.78 is 42.6. The molecule has 0 spiro atoms. The van der Waals surface area contributed by atoms with E-state index in [9.17, 15) is 13.6 Å². The molecule has 0 radical (unpaired) electrons. The topological polar surface area (TPSA) is 77.4 Å². The first-order valence-electron chi connectivity index (χ1n) is 10.5. The monoisotopic (exact) mass is 562 g/mol. The molecular weight excluding hydrogens is 542 g/mol. The number of benzene rings is 2. The fraction of sp³-hybridized carbons (Fsp3) is 0.167. The van der Waals surface area contributed by atoms with E-state index in [-0.39, 0.29) is 18.0 Å². The molecule has 11 heteroatoms. The van der Waals surface area contributed by atoms with E-state index >= 15 is 0 Å². The summed E-state index contributed by atoms with van der Waals surface area (Å²) in [4.78, 5) is 17.3. The normalized spacial score (nSPS) is 11.0. The number of rotatable bonds is 8. The number of methoxy groups -OCH3 is 1. The number of ether oxygens (including phenoxy) is 2. The minimum absolute atomic E-state index is 0.0519. The third-order valence-electron chi connectivity index (χ3n) is 4.86. The number of pyridine rings is 1. The Labute approximate surface area is 213 Å². The maximum atomic E-state index is 14.8. The van der Waals surface area contributed by atoms with E-state index in [1.807, 2.05) is 41.4 Å². The van der Waals surface area contributed by atoms with Crippen molar-refractivity contribution in [1.82, 2.24) is 14.3 Å². The molecule has 4 aromatic rings. The van der Waals surface area contributed by atoms with Gasteiger partial charge in [-0.3, -0.25) is 3.97 Å². The van der Waals surface area contributed by atoms with Gasteiger partial charge >= 0.3 is 6.03 Å². The Morgan fingerprint density at radius 3 is 2.57 bits per heavy atom. The lowest BCUT2D eigenvalue weighted by Gasteiger charge is -2.12. The summed E-state index contributed by atoms with van der Waals surface area (Å²) >= 11 is 4.95. The lowest BCUT2D eigenvalue weighted by Crippen LogP contribution is -2.31. The van der Waals surface area contributed by atoms with Crippen LogP contribution in [-0.2, 0) is 4.74 Å². The molecule has 0 saturated heterocycles. The van der Waals surface area contributed by atoms with Crippen molar-refractivity contribution < 1.29 is 23.0 Å². The Bertz CT molecular complexity index is 1340. The Kier molecular flexibility index (Phi) is 7.89. The molecule has 4 rings (SSSR count). The van der Waals surface area contributed by atoms with Gasteiger partial charge in [-0.2, -0.15) is 0 Å². The zero-order chi connectivity index (χ0) is 24.9. The Hall–Kier alpha value is -3.15. The fourth-order valence-corrected chi connectivity index (χ4v) is 4.78. The average Bonchev–Trinajstić information content (AvgIpc) is 3.14. The van der Waals surface area contributed by atoms with Crippen molar-refractivity contribution in [2.24, 2.45) is 0 Å². The van der Waals surface area contributed by atoms with Gasteiger partial charge in [-0.15, -0.1) is 0 Å². The predicted molar refractivity (Wildman–Crippen MR) is 135 cm³/mol. The highest BCUT2D eigenvalue weighted by atomic mass is 79.9. The number of urea groups is 1. The number of carbonyl (C=O) groups excluding carboxylic acids is 1. The number of hydrogen-bond donors (Lipinski definition) is 2. The van der Waals surface area contributed by atoms with Crippen LogP contribution in [0.4, 0.5) is 19.3 Å². The van der Waals surface area contributed by atoms with Crippen LogP contribution >= 0.6 is 27.9 Å². The third-order valence-corrected chi connectivity index (χ3v) is 6.41. The van der Waals surface area contributed by atoms with Crippen molar-refractivity contribution >= 4 is 50.6 Å². The second-order valence-electron chi connectivity index (χ2n) is 7.46. The Balaban J connectivity index is 1.58. The quantitative estimate of drug-likeness (QED) is 0.240. The Morgan fingerprint density at radius 1 is 1.17 bits per heavy atom. The van der Waals surface area contributed by atoms with E-state index < -0.39 is 23.4 Å². The zero-order valence-electron chi connectivity index (χ0n) is 18.8. The molecule has 0 saturated carbocycles. The number of aromatic nitrogens is 2. The van der Waals surface area contributed by atoms with Gasteiger partial charge in [0, 0.05) is 53.2 Å². The molecule has 2 heterocycles. The van der Waals surface area contributed by atoms with E-state index in [0.717, 1.165) is 22.6 Å². The molecule has 0 aliphatic heterocycles. The van der Waals surface area contributed by atoms with Crippen LogP contribution in [0.3, 0.4) is 0 Å². The molecule has 0 fully saturated rings. The van der Waals surface area contributed by atoms with Crippen molar-refractivity contribution in [2.75, 3.05) is 25.6 Å². The number of anilines is 1. The van der Waals surface area contributed by atoms with Crippen LogP contribution in [0.2, 0.25) is 0 Å². The van der Waals surface area contributed by atoms with Gasteiger partial charge in [0.2, 0.25) is 0 Å². The molecule has 2 aromatic heterocycles. The smallest absolute Gasteiger partial charge is 0.319 e. The molecule has 2 aromatic carbocycles. The fourth-order valence-electron chi connectivity index (χ4n) is 3.20. The molecule has 0 bridgehead atoms. The molecule has 7 nitrogen and oxygen atoms in total. The Morgan fingerprint density at radius 2 is 1.89 bits per heavy atom. The van der Waals surface area contributed by atoms with Gasteiger partial charge in [0.25, 0.3) is 0 Å². The summed E-state index contributed by atoms with van der Waals surface area (Å²) in [7, 11) is 1.50. The predicted octanol–water partition coefficient (Wildman–Crippen LogP) is 6.50. The minimum atomic E-state index is -0.966. The molecule has 0 aliphatic carbocycles. The van der Waals surface area contributed by atoms with Gasteiger partial charge in [0.15, 0.2) is 23.0 Å². The van der Waals surface area contributed by atoms with Crippen LogP contribution in [0.25, 0.3) is 11.0 Å². The zero-order valence-corrected chi connectivity index (χ0v) is 21.2. The highest BCUT2D eigenvalue weighted by Crippen LogP contribution is 2.39. The second kappa shape index (κ2) is 11.1. The molecular formula is C24H21BrF2N4O3S. The summed E-state index contributed by atoms with van der Waals surface area (Å²) in [5.74, 6) is -2.30. The molecule has 35 heavy (non-hydrogen) atoms. The summed E-state index contributed by atoms with van der Waals surface area (Å²) in [5, 5.41) is 5.44. The second-order valence-corrected chi connectivity index (χ2v) is 9.36. The van der Waals surface area contributed by atoms with Crippen molar-refractivity contribution in [3.8, 4) is 11.5 Å². The lowest BCUT2D eigenvalue weighted by atomic mass is 10.2. The molecule has 2 amide bonds. The van der Waals surface area contributed by atoms with Crippen molar-refractivity contribution in [1.29, 1.82) is 0 Å². The van der Waals surface area contributed by atoms with Gasteiger partial charge in [-0.05, 0) is 53.0 Å². The van der Waals surface area contributed by atoms with Gasteiger partial charge in [-0.25, -0.2) is 18.6 Å². The number of nitrogens with one attached hydrogen (secondary N) is 2. The number of halogens is 3. The molecule has 0 unspecified atom stereocenters. The summed E-state index contributed by atoms with van der Waals surface area (Å²) in [6.07, 6.45) is 3.32. The van der Waals surface area contributed by atoms with E-state index in [2.05, 4.69) is 31.5 Å². The van der Waals surface area contributed by atoms with E-state index in [0.29, 0.717) is 22.1 Å². The number of nitrogens with zero attached hydrogens (tertiary/aromatic N) is 2. The number of amides is 2. The first kappa shape index (κ1) is 25.0. The first-order chi connectivity index (χ1) is 16.9. The third kappa shape index (κ3) is 5.92. The van der Waals surface area contributed by atoms with Gasteiger partial charge in [0.1, 0.15) is 5.75 Å². The number of aryl methyl sites for hydroxylation is 1. The summed E-state index contributed by atoms with van der Waals surface area (Å²) in [5.41, 5.74) is 1.66. The van der Waals surface area contributed by atoms with Crippen LogP contribution in [0, 0.1) is 18.6 Å². The maximum absolute atomic E-state index is 14.8. The maximum Gasteiger partial charge on any atom is 0.319 e. The van der Waals surface area contributed by atoms with Gasteiger partial charge < -0.3 is 20.1 Å². The van der Waals surface area contributed by atoms with Gasteiger partial charge in [-0.1, -0.05) is 17.7 Å². The van der Waals surface area contributed by atoms with E-state index in [1.165, 1.54) is 31.3 Å². The minimum Gasteiger partial charge on any atom is -0.450 e. The van der Waals surface area contributed by atoms with Crippen LogP contribution in [-0.4, -0.2) is 35.2 Å². The lowest BCUT2D eigenvalue weighted by molar-refractivity contribution is 0.198.